The van der Waals surface area contributed by atoms with E-state index < -0.39 is 47.9 Å². The molecule has 0 radical (unpaired) electrons. The molecule has 184 valence electrons. The number of phenols is 1. The molecule has 12 nitrogen and oxygen atoms in total. The number of benzene rings is 1. The van der Waals surface area contributed by atoms with Crippen molar-refractivity contribution in [2.75, 3.05) is 13.1 Å². The fourth-order valence-electron chi connectivity index (χ4n) is 3.00. The third-order valence-electron chi connectivity index (χ3n) is 4.84. The second kappa shape index (κ2) is 14.0. The number of phenolic OH excluding ortho intramolecular Hbond substituents is 1. The number of carboxylic acids is 1. The summed E-state index contributed by atoms with van der Waals surface area (Å²) in [5.74, 6) is -3.50. The predicted octanol–water partition coefficient (Wildman–Crippen LogP) is -2.06. The molecule has 10 N–H and O–H groups in total. The molecule has 0 aromatic heterocycles. The lowest BCUT2D eigenvalue weighted by atomic mass is 10.0. The third-order valence-corrected chi connectivity index (χ3v) is 4.84. The Morgan fingerprint density at radius 1 is 0.939 bits per heavy atom. The molecule has 4 atom stereocenters. The number of carbonyl (C=O) groups is 4. The molecule has 1 aromatic carbocycles. The normalized spacial score (nSPS) is 14.4. The van der Waals surface area contributed by atoms with Gasteiger partial charge < -0.3 is 42.7 Å². The fraction of sp³-hybridized carbons (Fsp3) is 0.524. The van der Waals surface area contributed by atoms with Crippen LogP contribution >= 0.6 is 0 Å². The van der Waals surface area contributed by atoms with Crippen molar-refractivity contribution in [1.82, 2.24) is 16.0 Å². The van der Waals surface area contributed by atoms with E-state index in [2.05, 4.69) is 16.0 Å². The molecule has 0 bridgehead atoms. The minimum atomic E-state index is -1.47. The van der Waals surface area contributed by atoms with Crippen LogP contribution < -0.4 is 27.4 Å². The fourth-order valence-corrected chi connectivity index (χ4v) is 3.00. The monoisotopic (exact) mass is 467 g/mol. The van der Waals surface area contributed by atoms with Crippen LogP contribution in [-0.2, 0) is 25.6 Å². The summed E-state index contributed by atoms with van der Waals surface area (Å²) in [7, 11) is 0. The number of amides is 3. The summed E-state index contributed by atoms with van der Waals surface area (Å²) in [5.41, 5.74) is 11.3. The van der Waals surface area contributed by atoms with Crippen molar-refractivity contribution in [3.8, 4) is 5.75 Å². The minimum Gasteiger partial charge on any atom is -0.508 e. The van der Waals surface area contributed by atoms with Crippen LogP contribution in [-0.4, -0.2) is 76.3 Å². The summed E-state index contributed by atoms with van der Waals surface area (Å²) < 4.78 is 0. The summed E-state index contributed by atoms with van der Waals surface area (Å²) in [6.45, 7) is 1.27. The van der Waals surface area contributed by atoms with Gasteiger partial charge in [-0.15, -0.1) is 0 Å². The Morgan fingerprint density at radius 3 is 2.09 bits per heavy atom. The molecule has 0 heterocycles. The topological polar surface area (TPSA) is 217 Å². The Morgan fingerprint density at radius 2 is 1.58 bits per heavy atom. The van der Waals surface area contributed by atoms with Crippen LogP contribution in [0.2, 0.25) is 0 Å². The molecule has 4 unspecified atom stereocenters. The standard InChI is InChI=1S/C21H33N5O7/c1-12(27)18(20(31)25-15(21(32)33)4-2-3-9-22)26-19(30)16(24-17(29)11-23)10-13-5-7-14(28)8-6-13/h5-8,12,15-16,18,27-28H,2-4,9-11,22-23H2,1H3,(H,24,29)(H,25,31)(H,26,30)(H,32,33). The van der Waals surface area contributed by atoms with Crippen LogP contribution in [0.5, 0.6) is 5.75 Å². The maximum Gasteiger partial charge on any atom is 0.326 e. The number of carboxylic acid groups (broad SMARTS) is 1. The molecule has 0 aliphatic rings. The molecule has 12 heteroatoms. The Hall–Kier alpha value is -3.22. The van der Waals surface area contributed by atoms with Crippen LogP contribution in [0.1, 0.15) is 31.7 Å². The summed E-state index contributed by atoms with van der Waals surface area (Å²) in [6.07, 6.45) is -0.153. The zero-order valence-electron chi connectivity index (χ0n) is 18.5. The summed E-state index contributed by atoms with van der Waals surface area (Å²) in [4.78, 5) is 48.8. The van der Waals surface area contributed by atoms with Crippen molar-refractivity contribution < 1.29 is 34.5 Å². The molecular formula is C21H33N5O7. The van der Waals surface area contributed by atoms with Crippen molar-refractivity contribution in [2.24, 2.45) is 11.5 Å². The van der Waals surface area contributed by atoms with E-state index in [1.54, 1.807) is 12.1 Å². The Labute approximate surface area is 191 Å². The SMILES string of the molecule is CC(O)C(NC(=O)C(Cc1ccc(O)cc1)NC(=O)CN)C(=O)NC(CCCCN)C(=O)O. The summed E-state index contributed by atoms with van der Waals surface area (Å²) >= 11 is 0. The number of rotatable bonds is 14. The molecule has 0 saturated carbocycles. The average molecular weight is 468 g/mol. The molecule has 1 aromatic rings. The van der Waals surface area contributed by atoms with Gasteiger partial charge in [-0.05, 0) is 50.4 Å². The lowest BCUT2D eigenvalue weighted by Gasteiger charge is -2.26. The highest BCUT2D eigenvalue weighted by Crippen LogP contribution is 2.12. The highest BCUT2D eigenvalue weighted by atomic mass is 16.4. The average Bonchev–Trinajstić information content (AvgIpc) is 2.77. The molecule has 33 heavy (non-hydrogen) atoms. The van der Waals surface area contributed by atoms with Crippen molar-refractivity contribution in [1.29, 1.82) is 0 Å². The van der Waals surface area contributed by atoms with Gasteiger partial charge in [0.15, 0.2) is 0 Å². The number of aliphatic hydroxyl groups is 1. The lowest BCUT2D eigenvalue weighted by Crippen LogP contribution is -2.59. The van der Waals surface area contributed by atoms with Gasteiger partial charge in [0.25, 0.3) is 0 Å². The zero-order chi connectivity index (χ0) is 25.0. The number of aliphatic hydroxyl groups excluding tert-OH is 1. The number of nitrogens with one attached hydrogen (secondary N) is 3. The third kappa shape index (κ3) is 9.85. The first kappa shape index (κ1) is 27.8. The van der Waals surface area contributed by atoms with E-state index in [-0.39, 0.29) is 25.1 Å². The first-order chi connectivity index (χ1) is 15.6. The largest absolute Gasteiger partial charge is 0.508 e. The second-order valence-corrected chi connectivity index (χ2v) is 7.61. The minimum absolute atomic E-state index is 0.0167. The highest BCUT2D eigenvalue weighted by molar-refractivity contribution is 5.94. The number of unbranched alkanes of at least 4 members (excludes halogenated alkanes) is 1. The van der Waals surface area contributed by atoms with Crippen molar-refractivity contribution in [3.05, 3.63) is 29.8 Å². The maximum atomic E-state index is 12.9. The first-order valence-electron chi connectivity index (χ1n) is 10.6. The second-order valence-electron chi connectivity index (χ2n) is 7.61. The van der Waals surface area contributed by atoms with Gasteiger partial charge in [0, 0.05) is 6.42 Å². The number of aromatic hydroxyl groups is 1. The van der Waals surface area contributed by atoms with E-state index in [4.69, 9.17) is 11.5 Å². The molecule has 3 amide bonds. The quantitative estimate of drug-likeness (QED) is 0.141. The Kier molecular flexibility index (Phi) is 11.8. The number of aliphatic carboxylic acids is 1. The zero-order valence-corrected chi connectivity index (χ0v) is 18.5. The maximum absolute atomic E-state index is 12.9. The van der Waals surface area contributed by atoms with Crippen molar-refractivity contribution in [2.45, 2.75) is 56.8 Å². The van der Waals surface area contributed by atoms with Gasteiger partial charge in [-0.2, -0.15) is 0 Å². The van der Waals surface area contributed by atoms with Gasteiger partial charge in [-0.3, -0.25) is 14.4 Å². The van der Waals surface area contributed by atoms with E-state index in [9.17, 15) is 34.5 Å². The van der Waals surface area contributed by atoms with Crippen molar-refractivity contribution in [3.63, 3.8) is 0 Å². The number of hydrogen-bond acceptors (Lipinski definition) is 8. The van der Waals surface area contributed by atoms with Crippen LogP contribution in [0.3, 0.4) is 0 Å². The first-order valence-corrected chi connectivity index (χ1v) is 10.6. The van der Waals surface area contributed by atoms with Gasteiger partial charge in [0.1, 0.15) is 23.9 Å². The predicted molar refractivity (Wildman–Crippen MR) is 119 cm³/mol. The molecule has 0 spiro atoms. The summed E-state index contributed by atoms with van der Waals surface area (Å²) in [5, 5.41) is 36.0. The van der Waals surface area contributed by atoms with Gasteiger partial charge in [0.2, 0.25) is 17.7 Å². The van der Waals surface area contributed by atoms with E-state index in [1.807, 2.05) is 0 Å². The van der Waals surface area contributed by atoms with E-state index in [1.165, 1.54) is 19.1 Å². The number of nitrogens with two attached hydrogens (primary N) is 2. The van der Waals surface area contributed by atoms with Crippen molar-refractivity contribution >= 4 is 23.7 Å². The molecule has 0 aliphatic carbocycles. The van der Waals surface area contributed by atoms with E-state index in [0.717, 1.165) is 0 Å². The smallest absolute Gasteiger partial charge is 0.326 e. The van der Waals surface area contributed by atoms with E-state index >= 15 is 0 Å². The van der Waals surface area contributed by atoms with Crippen LogP contribution in [0, 0.1) is 0 Å². The molecule has 0 aliphatic heterocycles. The number of carbonyl (C=O) groups excluding carboxylic acids is 3. The summed E-state index contributed by atoms with van der Waals surface area (Å²) in [6, 6.07) is 2.12. The van der Waals surface area contributed by atoms with Gasteiger partial charge in [0.05, 0.1) is 12.6 Å². The molecule has 1 rings (SSSR count). The highest BCUT2D eigenvalue weighted by Gasteiger charge is 2.32. The van der Waals surface area contributed by atoms with Gasteiger partial charge in [-0.25, -0.2) is 4.79 Å². The van der Waals surface area contributed by atoms with Crippen LogP contribution in [0.25, 0.3) is 0 Å². The number of hydrogen-bond donors (Lipinski definition) is 8. The molecular weight excluding hydrogens is 434 g/mol. The van der Waals surface area contributed by atoms with Gasteiger partial charge >= 0.3 is 5.97 Å². The Balaban J connectivity index is 2.95. The van der Waals surface area contributed by atoms with Crippen LogP contribution in [0.15, 0.2) is 24.3 Å². The lowest BCUT2D eigenvalue weighted by molar-refractivity contribution is -0.143. The van der Waals surface area contributed by atoms with E-state index in [0.29, 0.717) is 24.9 Å². The van der Waals surface area contributed by atoms with Crippen LogP contribution in [0.4, 0.5) is 0 Å². The molecule has 0 saturated heterocycles. The molecule has 0 fully saturated rings. The van der Waals surface area contributed by atoms with Gasteiger partial charge in [-0.1, -0.05) is 12.1 Å². The Bertz CT molecular complexity index is 801.